The first-order valence-corrected chi connectivity index (χ1v) is 4.72. The van der Waals surface area contributed by atoms with Crippen LogP contribution in [0.3, 0.4) is 0 Å². The molecule has 0 aliphatic heterocycles. The number of likely N-dealkylation sites (N-methyl/N-ethyl adjacent to an activating group) is 1. The van der Waals surface area contributed by atoms with Crippen molar-refractivity contribution in [1.29, 1.82) is 0 Å². The lowest BCUT2D eigenvalue weighted by molar-refractivity contribution is -0.123. The summed E-state index contributed by atoms with van der Waals surface area (Å²) in [6.07, 6.45) is 0.751. The number of nitrogens with two attached hydrogens (primary N) is 1. The average Bonchev–Trinajstić information content (AvgIpc) is 1.82. The van der Waals surface area contributed by atoms with Crippen LogP contribution in [0.5, 0.6) is 0 Å². The van der Waals surface area contributed by atoms with Crippen LogP contribution in [0.2, 0.25) is 0 Å². The molecule has 0 rings (SSSR count). The quantitative estimate of drug-likeness (QED) is 0.693. The molecule has 0 aromatic carbocycles. The third-order valence-electron chi connectivity index (χ3n) is 2.07. The third-order valence-corrected chi connectivity index (χ3v) is 2.07. The summed E-state index contributed by atoms with van der Waals surface area (Å²) in [6, 6.07) is 0. The zero-order chi connectivity index (χ0) is 10.6. The van der Waals surface area contributed by atoms with Gasteiger partial charge in [-0.25, -0.2) is 0 Å². The Kier molecular flexibility index (Phi) is 4.57. The van der Waals surface area contributed by atoms with E-state index in [-0.39, 0.29) is 5.78 Å². The van der Waals surface area contributed by atoms with Gasteiger partial charge < -0.3 is 10.6 Å². The van der Waals surface area contributed by atoms with Gasteiger partial charge in [-0.2, -0.15) is 0 Å². The van der Waals surface area contributed by atoms with Crippen LogP contribution >= 0.6 is 0 Å². The zero-order valence-corrected chi connectivity index (χ0v) is 9.42. The number of carbonyl (C=O) groups excluding carboxylic acids is 1. The Morgan fingerprint density at radius 1 is 1.46 bits per heavy atom. The first-order valence-electron chi connectivity index (χ1n) is 4.72. The number of Topliss-reactive ketones (excluding diaryl/α,β-unsaturated/α-hetero) is 1. The Bertz CT molecular complexity index is 166. The summed E-state index contributed by atoms with van der Waals surface area (Å²) in [6.45, 7) is 6.37. The van der Waals surface area contributed by atoms with Crippen LogP contribution < -0.4 is 5.73 Å². The summed E-state index contributed by atoms with van der Waals surface area (Å²) in [4.78, 5) is 13.3. The molecule has 0 bridgehead atoms. The van der Waals surface area contributed by atoms with E-state index in [4.69, 9.17) is 5.73 Å². The molecule has 0 heterocycles. The lowest BCUT2D eigenvalue weighted by Crippen LogP contribution is -2.54. The van der Waals surface area contributed by atoms with Crippen LogP contribution in [0.15, 0.2) is 0 Å². The molecular formula is C10H22N2O. The highest BCUT2D eigenvalue weighted by Gasteiger charge is 2.31. The van der Waals surface area contributed by atoms with Crippen LogP contribution in [0, 0.1) is 5.92 Å². The lowest BCUT2D eigenvalue weighted by atomic mass is 9.86. The maximum Gasteiger partial charge on any atom is 0.150 e. The third kappa shape index (κ3) is 4.39. The van der Waals surface area contributed by atoms with Crippen molar-refractivity contribution in [2.24, 2.45) is 11.7 Å². The highest BCUT2D eigenvalue weighted by atomic mass is 16.1. The molecule has 0 aromatic heterocycles. The van der Waals surface area contributed by atoms with Crippen molar-refractivity contribution in [3.05, 3.63) is 0 Å². The van der Waals surface area contributed by atoms with Crippen LogP contribution in [0.4, 0.5) is 0 Å². The first-order chi connectivity index (χ1) is 5.78. The lowest BCUT2D eigenvalue weighted by Gasteiger charge is -2.31. The molecule has 78 valence electrons. The molecule has 0 radical (unpaired) electrons. The molecule has 0 aliphatic rings. The van der Waals surface area contributed by atoms with Gasteiger partial charge in [-0.1, -0.05) is 13.8 Å². The minimum atomic E-state index is -0.669. The van der Waals surface area contributed by atoms with Gasteiger partial charge in [-0.3, -0.25) is 4.79 Å². The highest BCUT2D eigenvalue weighted by Crippen LogP contribution is 2.16. The SMILES string of the molecule is CC(=O)C(N)(CC(C)C)CN(C)C. The molecule has 3 nitrogen and oxygen atoms in total. The molecule has 1 atom stereocenters. The van der Waals surface area contributed by atoms with Crippen molar-refractivity contribution in [2.75, 3.05) is 20.6 Å². The van der Waals surface area contributed by atoms with Crippen LogP contribution in [0.25, 0.3) is 0 Å². The molecule has 0 fully saturated rings. The second kappa shape index (κ2) is 4.72. The Balaban J connectivity index is 4.43. The number of hydrogen-bond donors (Lipinski definition) is 1. The van der Waals surface area contributed by atoms with E-state index in [1.165, 1.54) is 0 Å². The minimum absolute atomic E-state index is 0.0786. The fourth-order valence-corrected chi connectivity index (χ4v) is 1.61. The Hall–Kier alpha value is -0.410. The molecular weight excluding hydrogens is 164 g/mol. The maximum atomic E-state index is 11.4. The van der Waals surface area contributed by atoms with Gasteiger partial charge in [0.25, 0.3) is 0 Å². The van der Waals surface area contributed by atoms with E-state index in [1.54, 1.807) is 6.92 Å². The number of carbonyl (C=O) groups is 1. The number of rotatable bonds is 5. The summed E-state index contributed by atoms with van der Waals surface area (Å²) < 4.78 is 0. The van der Waals surface area contributed by atoms with Gasteiger partial charge in [0, 0.05) is 6.54 Å². The van der Waals surface area contributed by atoms with E-state index in [0.29, 0.717) is 12.5 Å². The predicted molar refractivity (Wildman–Crippen MR) is 55.6 cm³/mol. The molecule has 0 spiro atoms. The topological polar surface area (TPSA) is 46.3 Å². The number of nitrogens with zero attached hydrogens (tertiary/aromatic N) is 1. The molecule has 13 heavy (non-hydrogen) atoms. The van der Waals surface area contributed by atoms with E-state index in [2.05, 4.69) is 13.8 Å². The van der Waals surface area contributed by atoms with Crippen molar-refractivity contribution in [2.45, 2.75) is 32.7 Å². The number of hydrogen-bond acceptors (Lipinski definition) is 3. The smallest absolute Gasteiger partial charge is 0.150 e. The van der Waals surface area contributed by atoms with Gasteiger partial charge >= 0.3 is 0 Å². The summed E-state index contributed by atoms with van der Waals surface area (Å²) in [5.74, 6) is 0.531. The summed E-state index contributed by atoms with van der Waals surface area (Å²) in [5, 5.41) is 0. The van der Waals surface area contributed by atoms with E-state index in [1.807, 2.05) is 19.0 Å². The van der Waals surface area contributed by atoms with Gasteiger partial charge in [0.15, 0.2) is 5.78 Å². The summed E-state index contributed by atoms with van der Waals surface area (Å²) in [7, 11) is 3.87. The standard InChI is InChI=1S/C10H22N2O/c1-8(2)6-10(11,9(3)13)7-12(4)5/h8H,6-7,11H2,1-5H3. The monoisotopic (exact) mass is 186 g/mol. The molecule has 0 aromatic rings. The van der Waals surface area contributed by atoms with Gasteiger partial charge in [-0.15, -0.1) is 0 Å². The zero-order valence-electron chi connectivity index (χ0n) is 9.42. The van der Waals surface area contributed by atoms with Crippen molar-refractivity contribution < 1.29 is 4.79 Å². The van der Waals surface area contributed by atoms with Crippen molar-refractivity contribution in [1.82, 2.24) is 4.90 Å². The maximum absolute atomic E-state index is 11.4. The van der Waals surface area contributed by atoms with Crippen LogP contribution in [0.1, 0.15) is 27.2 Å². The Morgan fingerprint density at radius 3 is 2.15 bits per heavy atom. The summed E-state index contributed by atoms with van der Waals surface area (Å²) >= 11 is 0. The van der Waals surface area contributed by atoms with E-state index in [0.717, 1.165) is 6.42 Å². The minimum Gasteiger partial charge on any atom is -0.318 e. The first kappa shape index (κ1) is 12.6. The molecule has 2 N–H and O–H groups in total. The van der Waals surface area contributed by atoms with Crippen LogP contribution in [-0.4, -0.2) is 36.9 Å². The second-order valence-corrected chi connectivity index (χ2v) is 4.55. The van der Waals surface area contributed by atoms with Gasteiger partial charge in [0.1, 0.15) is 0 Å². The molecule has 0 saturated carbocycles. The Morgan fingerprint density at radius 2 is 1.92 bits per heavy atom. The van der Waals surface area contributed by atoms with Crippen LogP contribution in [-0.2, 0) is 4.79 Å². The normalized spacial score (nSPS) is 16.3. The van der Waals surface area contributed by atoms with Crippen molar-refractivity contribution in [3.8, 4) is 0 Å². The van der Waals surface area contributed by atoms with E-state index >= 15 is 0 Å². The summed E-state index contributed by atoms with van der Waals surface area (Å²) in [5.41, 5.74) is 5.38. The molecule has 0 amide bonds. The van der Waals surface area contributed by atoms with Gasteiger partial charge in [0.2, 0.25) is 0 Å². The van der Waals surface area contributed by atoms with E-state index in [9.17, 15) is 4.79 Å². The van der Waals surface area contributed by atoms with Crippen molar-refractivity contribution in [3.63, 3.8) is 0 Å². The fourth-order valence-electron chi connectivity index (χ4n) is 1.61. The number of ketones is 1. The van der Waals surface area contributed by atoms with Gasteiger partial charge in [0.05, 0.1) is 5.54 Å². The van der Waals surface area contributed by atoms with Gasteiger partial charge in [-0.05, 0) is 33.4 Å². The van der Waals surface area contributed by atoms with Crippen molar-refractivity contribution >= 4 is 5.78 Å². The second-order valence-electron chi connectivity index (χ2n) is 4.55. The molecule has 0 aliphatic carbocycles. The Labute approximate surface area is 81.3 Å². The van der Waals surface area contributed by atoms with E-state index < -0.39 is 5.54 Å². The largest absolute Gasteiger partial charge is 0.318 e. The predicted octanol–water partition coefficient (Wildman–Crippen LogP) is 0.881. The average molecular weight is 186 g/mol. The molecule has 3 heteroatoms. The molecule has 0 saturated heterocycles. The highest BCUT2D eigenvalue weighted by molar-refractivity contribution is 5.86. The molecule has 1 unspecified atom stereocenters. The fraction of sp³-hybridized carbons (Fsp3) is 0.900.